The number of likely N-dealkylation sites (tertiary alicyclic amines) is 1. The van der Waals surface area contributed by atoms with Crippen molar-refractivity contribution in [1.29, 1.82) is 0 Å². The molecule has 0 aliphatic carbocycles. The first kappa shape index (κ1) is 42.2. The molecule has 3 fully saturated rings. The van der Waals surface area contributed by atoms with Crippen molar-refractivity contribution in [3.63, 3.8) is 0 Å². The Hall–Kier alpha value is -6.43. The maximum Gasteiger partial charge on any atom is 0.264 e. The molecule has 0 spiro atoms. The lowest BCUT2D eigenvalue weighted by Crippen LogP contribution is -2.52. The molecule has 0 bridgehead atoms. The highest BCUT2D eigenvalue weighted by Gasteiger charge is 2.42. The summed E-state index contributed by atoms with van der Waals surface area (Å²) in [5, 5.41) is 7.66. The Morgan fingerprint density at radius 1 is 0.879 bits per heavy atom. The molecule has 15 nitrogen and oxygen atoms in total. The number of halogens is 3. The molecule has 0 radical (unpaired) electrons. The van der Waals surface area contributed by atoms with E-state index >= 15 is 13.2 Å². The van der Waals surface area contributed by atoms with Crippen molar-refractivity contribution >= 4 is 46.5 Å². The summed E-state index contributed by atoms with van der Waals surface area (Å²) in [5.74, 6) is -0.565. The standard InChI is InChI=1S/C48H51F3N10O5/c1-27(62)56-18-12-37-36(24-56)46(59-14-3-4-28-20-32(34(45(50)51)21-40(28)59)33-22-42-52-13-19-58(42)26-41(33)66-2)54-61(37)29-9-15-55(16-10-29)30-11-17-57(23-30)38-6-5-31-35(44(38)49)25-60(48(31)65)39-7-8-43(63)53-47(39)64/h5-6,13,19-22,26,29-30,39,45H,3-4,7-12,14-18,23-25H2,1-2H3,(H,53,63,64)/t30-,39?/m0/s1. The predicted molar refractivity (Wildman–Crippen MR) is 237 cm³/mol. The maximum absolute atomic E-state index is 16.3. The second-order valence-corrected chi connectivity index (χ2v) is 18.4. The average molecular weight is 905 g/mol. The summed E-state index contributed by atoms with van der Waals surface area (Å²) >= 11 is 0. The molecule has 1 N–H and O–H groups in total. The Labute approximate surface area is 379 Å². The monoisotopic (exact) mass is 904 g/mol. The molecular formula is C48H51F3N10O5. The molecule has 2 atom stereocenters. The average Bonchev–Trinajstić information content (AvgIpc) is 4.14. The van der Waals surface area contributed by atoms with Gasteiger partial charge in [-0.05, 0) is 80.0 Å². The number of rotatable bonds is 8. The van der Waals surface area contributed by atoms with E-state index in [0.717, 1.165) is 55.6 Å². The van der Waals surface area contributed by atoms with Crippen molar-refractivity contribution < 1.29 is 37.1 Å². The third-order valence-electron chi connectivity index (χ3n) is 14.9. The number of ether oxygens (including phenoxy) is 1. The van der Waals surface area contributed by atoms with Crippen molar-refractivity contribution in [3.8, 4) is 16.9 Å². The van der Waals surface area contributed by atoms with Gasteiger partial charge in [0.25, 0.3) is 12.3 Å². The van der Waals surface area contributed by atoms with E-state index in [0.29, 0.717) is 85.3 Å². The summed E-state index contributed by atoms with van der Waals surface area (Å²) in [6.45, 7) is 6.05. The van der Waals surface area contributed by atoms with Gasteiger partial charge in [-0.2, -0.15) is 5.10 Å². The number of hydrogen-bond acceptors (Lipinski definition) is 10. The Balaban J connectivity index is 0.827. The van der Waals surface area contributed by atoms with Crippen LogP contribution in [0.1, 0.15) is 96.2 Å². The molecule has 66 heavy (non-hydrogen) atoms. The highest BCUT2D eigenvalue weighted by molar-refractivity contribution is 6.05. The molecule has 4 amide bonds. The normalized spacial score (nSPS) is 21.5. The van der Waals surface area contributed by atoms with Crippen LogP contribution in [-0.4, -0.2) is 116 Å². The molecule has 0 saturated carbocycles. The molecular weight excluding hydrogens is 854 g/mol. The smallest absolute Gasteiger partial charge is 0.264 e. The number of carbonyl (C=O) groups is 4. The number of imide groups is 1. The number of carbonyl (C=O) groups excluding carboxylic acids is 4. The molecule has 3 aromatic heterocycles. The Morgan fingerprint density at radius 2 is 1.70 bits per heavy atom. The van der Waals surface area contributed by atoms with Crippen molar-refractivity contribution in [3.05, 3.63) is 88.3 Å². The van der Waals surface area contributed by atoms with Crippen LogP contribution in [0.15, 0.2) is 48.9 Å². The highest BCUT2D eigenvalue weighted by Crippen LogP contribution is 2.46. The Kier molecular flexibility index (Phi) is 10.5. The van der Waals surface area contributed by atoms with E-state index in [1.807, 2.05) is 11.0 Å². The van der Waals surface area contributed by atoms with Crippen LogP contribution in [0.2, 0.25) is 0 Å². The van der Waals surface area contributed by atoms with Crippen molar-refractivity contribution in [2.24, 2.45) is 0 Å². The van der Waals surface area contributed by atoms with Gasteiger partial charge in [-0.3, -0.25) is 34.1 Å². The zero-order chi connectivity index (χ0) is 45.5. The number of methoxy groups -OCH3 is 1. The number of imidazole rings is 1. The number of nitrogens with zero attached hydrogens (tertiary/aromatic N) is 9. The second kappa shape index (κ2) is 16.5. The maximum atomic E-state index is 16.3. The van der Waals surface area contributed by atoms with Crippen molar-refractivity contribution in [2.45, 2.75) is 95.9 Å². The number of hydrogen-bond donors (Lipinski definition) is 1. The number of pyridine rings is 1. The lowest BCUT2D eigenvalue weighted by molar-refractivity contribution is -0.137. The van der Waals surface area contributed by atoms with E-state index in [2.05, 4.69) is 29.7 Å². The first-order chi connectivity index (χ1) is 31.9. The third-order valence-corrected chi connectivity index (χ3v) is 14.9. The Morgan fingerprint density at radius 3 is 2.47 bits per heavy atom. The van der Waals surface area contributed by atoms with Crippen LogP contribution in [0.25, 0.3) is 16.8 Å². The van der Waals surface area contributed by atoms with Gasteiger partial charge in [0.15, 0.2) is 11.6 Å². The van der Waals surface area contributed by atoms with Crippen molar-refractivity contribution in [1.82, 2.24) is 39.2 Å². The largest absolute Gasteiger partial charge is 0.495 e. The second-order valence-electron chi connectivity index (χ2n) is 18.4. The van der Waals surface area contributed by atoms with Gasteiger partial charge in [-0.15, -0.1) is 0 Å². The van der Waals surface area contributed by atoms with Gasteiger partial charge >= 0.3 is 0 Å². The number of aryl methyl sites for hydroxylation is 1. The number of alkyl halides is 2. The topological polar surface area (TPSA) is 141 Å². The molecule has 3 saturated heterocycles. The van der Waals surface area contributed by atoms with Crippen LogP contribution >= 0.6 is 0 Å². The molecule has 11 rings (SSSR count). The Bertz CT molecular complexity index is 2820. The predicted octanol–water partition coefficient (Wildman–Crippen LogP) is 5.95. The van der Waals surface area contributed by atoms with Crippen LogP contribution in [-0.2, 0) is 40.3 Å². The first-order valence-corrected chi connectivity index (χ1v) is 23.0. The molecule has 6 aliphatic heterocycles. The van der Waals surface area contributed by atoms with Gasteiger partial charge in [0.1, 0.15) is 17.4 Å². The van der Waals surface area contributed by atoms with Crippen molar-refractivity contribution in [2.75, 3.05) is 56.2 Å². The first-order valence-electron chi connectivity index (χ1n) is 23.0. The van der Waals surface area contributed by atoms with Gasteiger partial charge in [0, 0.05) is 117 Å². The number of aromatic nitrogens is 4. The van der Waals surface area contributed by atoms with Crippen LogP contribution in [0.3, 0.4) is 0 Å². The summed E-state index contributed by atoms with van der Waals surface area (Å²) in [7, 11) is 1.53. The van der Waals surface area contributed by atoms with Crippen LogP contribution in [0.5, 0.6) is 5.75 Å². The zero-order valence-corrected chi connectivity index (χ0v) is 36.9. The van der Waals surface area contributed by atoms with Gasteiger partial charge in [0.05, 0.1) is 38.1 Å². The summed E-state index contributed by atoms with van der Waals surface area (Å²) in [6, 6.07) is 8.10. The van der Waals surface area contributed by atoms with E-state index in [1.165, 1.54) is 12.0 Å². The SMILES string of the molecule is COc1cn2ccnc2cc1-c1cc2c(cc1C(F)F)N(c1nn(C3CCN([C@H]4CCN(c5ccc6c(c5F)CN(C5CCC(=O)NC5=O)C6=O)C4)CC3)c3c1CN(C(C)=O)CC3)CCC2. The number of fused-ring (bicyclic) bond motifs is 4. The quantitative estimate of drug-likeness (QED) is 0.186. The molecule has 6 aliphatic rings. The third kappa shape index (κ3) is 7.06. The minimum Gasteiger partial charge on any atom is -0.495 e. The molecule has 2 aromatic carbocycles. The van der Waals surface area contributed by atoms with Crippen LogP contribution in [0.4, 0.5) is 30.4 Å². The lowest BCUT2D eigenvalue weighted by Gasteiger charge is -2.37. The lowest BCUT2D eigenvalue weighted by atomic mass is 9.91. The van der Waals surface area contributed by atoms with E-state index in [4.69, 9.17) is 9.84 Å². The number of amides is 4. The van der Waals surface area contributed by atoms with Gasteiger partial charge < -0.3 is 28.7 Å². The van der Waals surface area contributed by atoms with E-state index in [9.17, 15) is 19.2 Å². The number of anilines is 3. The van der Waals surface area contributed by atoms with Crippen LogP contribution in [0, 0.1) is 5.82 Å². The zero-order valence-electron chi connectivity index (χ0n) is 36.9. The fourth-order valence-corrected chi connectivity index (χ4v) is 11.4. The summed E-state index contributed by atoms with van der Waals surface area (Å²) in [5.41, 5.74) is 6.18. The minimum absolute atomic E-state index is 0.0154. The summed E-state index contributed by atoms with van der Waals surface area (Å²) in [6.07, 6.45) is 7.45. The van der Waals surface area contributed by atoms with Crippen LogP contribution < -0.4 is 19.9 Å². The molecule has 18 heteroatoms. The van der Waals surface area contributed by atoms with E-state index in [-0.39, 0.29) is 60.0 Å². The number of nitrogens with one attached hydrogen (secondary N) is 1. The summed E-state index contributed by atoms with van der Waals surface area (Å²) < 4.78 is 56.3. The fourth-order valence-electron chi connectivity index (χ4n) is 11.4. The molecule has 5 aromatic rings. The molecule has 344 valence electrons. The minimum atomic E-state index is -2.76. The summed E-state index contributed by atoms with van der Waals surface area (Å²) in [4.78, 5) is 64.6. The molecule has 9 heterocycles. The number of piperidine rings is 2. The van der Waals surface area contributed by atoms with E-state index < -0.39 is 30.1 Å². The molecule has 1 unspecified atom stereocenters. The van der Waals surface area contributed by atoms with Gasteiger partial charge in [-0.1, -0.05) is 0 Å². The van der Waals surface area contributed by atoms with Gasteiger partial charge in [0.2, 0.25) is 17.7 Å². The fraction of sp³-hybridized carbons (Fsp3) is 0.458. The van der Waals surface area contributed by atoms with E-state index in [1.54, 1.807) is 54.2 Å². The number of benzene rings is 2. The van der Waals surface area contributed by atoms with Gasteiger partial charge in [-0.25, -0.2) is 18.2 Å². The highest BCUT2D eigenvalue weighted by atomic mass is 19.3.